The molecule has 0 aromatic heterocycles. The van der Waals surface area contributed by atoms with Crippen LogP contribution in [0, 0.1) is 0 Å². The van der Waals surface area contributed by atoms with Crippen molar-refractivity contribution in [3.63, 3.8) is 0 Å². The molecule has 3 rings (SSSR count). The normalized spacial score (nSPS) is 21.0. The van der Waals surface area contributed by atoms with Gasteiger partial charge in [0.1, 0.15) is 5.75 Å². The number of aryl methyl sites for hydroxylation is 1. The zero-order valence-corrected chi connectivity index (χ0v) is 14.0. The molecule has 1 unspecified atom stereocenters. The Morgan fingerprint density at radius 1 is 1.27 bits per heavy atom. The molecular formula is C17H21NO3S. The number of hydrogen-bond donors (Lipinski definition) is 1. The van der Waals surface area contributed by atoms with Crippen LogP contribution in [0.3, 0.4) is 0 Å². The van der Waals surface area contributed by atoms with Crippen LogP contribution in [0.25, 0.3) is 10.8 Å². The summed E-state index contributed by atoms with van der Waals surface area (Å²) in [6.07, 6.45) is 3.13. The molecule has 22 heavy (non-hydrogen) atoms. The first-order valence-electron chi connectivity index (χ1n) is 7.37. The largest absolute Gasteiger partial charge is 0.497 e. The van der Waals surface area contributed by atoms with Crippen molar-refractivity contribution in [1.29, 1.82) is 0 Å². The number of ether oxygens (including phenoxy) is 1. The van der Waals surface area contributed by atoms with Crippen molar-refractivity contribution in [3.05, 3.63) is 41.5 Å². The molecule has 0 bridgehead atoms. The SMILES string of the molecule is COc1ccc2ccc3c(c2c1)C(C)(CNS(C)(=O)=O)CC3. The fourth-order valence-corrected chi connectivity index (χ4v) is 3.98. The fraction of sp³-hybridized carbons (Fsp3) is 0.412. The van der Waals surface area contributed by atoms with Crippen LogP contribution >= 0.6 is 0 Å². The lowest BCUT2D eigenvalue weighted by Crippen LogP contribution is -2.36. The lowest BCUT2D eigenvalue weighted by molar-refractivity contribution is 0.415. The van der Waals surface area contributed by atoms with Crippen molar-refractivity contribution >= 4 is 20.8 Å². The minimum atomic E-state index is -3.19. The molecule has 1 aliphatic carbocycles. The van der Waals surface area contributed by atoms with Gasteiger partial charge in [0.2, 0.25) is 10.0 Å². The summed E-state index contributed by atoms with van der Waals surface area (Å²) in [5.74, 6) is 0.825. The molecule has 2 aromatic carbocycles. The van der Waals surface area contributed by atoms with Crippen LogP contribution in [-0.4, -0.2) is 28.3 Å². The molecule has 0 fully saturated rings. The molecule has 5 heteroatoms. The van der Waals surface area contributed by atoms with Crippen molar-refractivity contribution in [1.82, 2.24) is 4.72 Å². The Balaban J connectivity index is 2.13. The summed E-state index contributed by atoms with van der Waals surface area (Å²) in [5, 5.41) is 2.32. The molecular weight excluding hydrogens is 298 g/mol. The lowest BCUT2D eigenvalue weighted by Gasteiger charge is -2.27. The van der Waals surface area contributed by atoms with E-state index in [1.807, 2.05) is 6.07 Å². The van der Waals surface area contributed by atoms with Gasteiger partial charge in [-0.3, -0.25) is 0 Å². The molecule has 2 aromatic rings. The average Bonchev–Trinajstić information content (AvgIpc) is 2.82. The molecule has 0 radical (unpaired) electrons. The van der Waals surface area contributed by atoms with Crippen molar-refractivity contribution < 1.29 is 13.2 Å². The maximum atomic E-state index is 11.5. The van der Waals surface area contributed by atoms with Gasteiger partial charge in [0, 0.05) is 12.0 Å². The number of fused-ring (bicyclic) bond motifs is 3. The highest BCUT2D eigenvalue weighted by atomic mass is 32.2. The first-order chi connectivity index (χ1) is 10.3. The van der Waals surface area contributed by atoms with Gasteiger partial charge in [0.15, 0.2) is 0 Å². The number of nitrogens with one attached hydrogen (secondary N) is 1. The molecule has 0 spiro atoms. The van der Waals surface area contributed by atoms with E-state index in [0.29, 0.717) is 6.54 Å². The van der Waals surface area contributed by atoms with Crippen LogP contribution in [0.4, 0.5) is 0 Å². The number of benzene rings is 2. The highest BCUT2D eigenvalue weighted by Gasteiger charge is 2.36. The third kappa shape index (κ3) is 2.71. The summed E-state index contributed by atoms with van der Waals surface area (Å²) in [6.45, 7) is 2.56. The average molecular weight is 319 g/mol. The zero-order chi connectivity index (χ0) is 16.0. The smallest absolute Gasteiger partial charge is 0.208 e. The molecule has 4 nitrogen and oxygen atoms in total. The van der Waals surface area contributed by atoms with Crippen LogP contribution in [0.15, 0.2) is 30.3 Å². The Morgan fingerprint density at radius 3 is 2.68 bits per heavy atom. The van der Waals surface area contributed by atoms with Crippen LogP contribution in [0.1, 0.15) is 24.5 Å². The molecule has 1 aliphatic rings. The predicted molar refractivity (Wildman–Crippen MR) is 89.0 cm³/mol. The molecule has 1 atom stereocenters. The molecule has 118 valence electrons. The highest BCUT2D eigenvalue weighted by molar-refractivity contribution is 7.88. The Hall–Kier alpha value is -1.59. The summed E-state index contributed by atoms with van der Waals surface area (Å²) in [7, 11) is -1.53. The van der Waals surface area contributed by atoms with E-state index < -0.39 is 10.0 Å². The van der Waals surface area contributed by atoms with Gasteiger partial charge in [-0.1, -0.05) is 25.1 Å². The van der Waals surface area contributed by atoms with Crippen LogP contribution in [0.5, 0.6) is 5.75 Å². The summed E-state index contributed by atoms with van der Waals surface area (Å²) < 4.78 is 31.0. The van der Waals surface area contributed by atoms with Crippen molar-refractivity contribution in [2.45, 2.75) is 25.2 Å². The molecule has 0 heterocycles. The quantitative estimate of drug-likeness (QED) is 0.942. The van der Waals surface area contributed by atoms with Crippen molar-refractivity contribution in [3.8, 4) is 5.75 Å². The molecule has 0 amide bonds. The van der Waals surface area contributed by atoms with Gasteiger partial charge in [0.25, 0.3) is 0 Å². The molecule has 0 saturated heterocycles. The van der Waals surface area contributed by atoms with Crippen LogP contribution in [-0.2, 0) is 21.9 Å². The van der Waals surface area contributed by atoms with Gasteiger partial charge in [-0.15, -0.1) is 0 Å². The van der Waals surface area contributed by atoms with E-state index in [4.69, 9.17) is 4.74 Å². The van der Waals surface area contributed by atoms with E-state index >= 15 is 0 Å². The zero-order valence-electron chi connectivity index (χ0n) is 13.1. The van der Waals surface area contributed by atoms with E-state index in [-0.39, 0.29) is 5.41 Å². The number of sulfonamides is 1. The van der Waals surface area contributed by atoms with E-state index in [1.165, 1.54) is 17.4 Å². The highest BCUT2D eigenvalue weighted by Crippen LogP contribution is 2.43. The fourth-order valence-electron chi connectivity index (χ4n) is 3.39. The monoisotopic (exact) mass is 319 g/mol. The number of methoxy groups -OCH3 is 1. The number of rotatable bonds is 4. The summed E-state index contributed by atoms with van der Waals surface area (Å²) in [6, 6.07) is 10.4. The second kappa shape index (κ2) is 5.25. The summed E-state index contributed by atoms with van der Waals surface area (Å²) >= 11 is 0. The van der Waals surface area contributed by atoms with Gasteiger partial charge >= 0.3 is 0 Å². The van der Waals surface area contributed by atoms with Gasteiger partial charge in [-0.2, -0.15) is 0 Å². The first kappa shape index (κ1) is 15.3. The van der Waals surface area contributed by atoms with E-state index in [2.05, 4.69) is 35.9 Å². The predicted octanol–water partition coefficient (Wildman–Crippen LogP) is 2.60. The minimum absolute atomic E-state index is 0.190. The topological polar surface area (TPSA) is 55.4 Å². The van der Waals surface area contributed by atoms with Crippen LogP contribution in [0.2, 0.25) is 0 Å². The Morgan fingerprint density at radius 2 is 2.00 bits per heavy atom. The lowest BCUT2D eigenvalue weighted by atomic mass is 9.81. The minimum Gasteiger partial charge on any atom is -0.497 e. The standard InChI is InChI=1S/C17H21NO3S/c1-17(11-18-22(3,19)20)9-8-13-5-4-12-6-7-14(21-2)10-15(12)16(13)17/h4-7,10,18H,8-9,11H2,1-3H3. The van der Waals surface area contributed by atoms with Crippen molar-refractivity contribution in [2.24, 2.45) is 0 Å². The molecule has 0 saturated carbocycles. The summed E-state index contributed by atoms with van der Waals surface area (Å²) in [4.78, 5) is 0. The van der Waals surface area contributed by atoms with E-state index in [1.54, 1.807) is 7.11 Å². The second-order valence-corrected chi connectivity index (χ2v) is 8.17. The van der Waals surface area contributed by atoms with Gasteiger partial charge in [-0.25, -0.2) is 13.1 Å². The maximum absolute atomic E-state index is 11.5. The van der Waals surface area contributed by atoms with Gasteiger partial charge in [0.05, 0.1) is 13.4 Å². The molecule has 1 N–H and O–H groups in total. The van der Waals surface area contributed by atoms with Gasteiger partial charge in [-0.05, 0) is 46.9 Å². The Kier molecular flexibility index (Phi) is 3.65. The third-order valence-electron chi connectivity index (χ3n) is 4.59. The third-order valence-corrected chi connectivity index (χ3v) is 5.26. The molecule has 0 aliphatic heterocycles. The maximum Gasteiger partial charge on any atom is 0.208 e. The van der Waals surface area contributed by atoms with E-state index in [0.717, 1.165) is 29.4 Å². The number of hydrogen-bond acceptors (Lipinski definition) is 3. The van der Waals surface area contributed by atoms with Crippen LogP contribution < -0.4 is 9.46 Å². The Labute approximate surface area is 131 Å². The first-order valence-corrected chi connectivity index (χ1v) is 9.26. The van der Waals surface area contributed by atoms with E-state index in [9.17, 15) is 8.42 Å². The van der Waals surface area contributed by atoms with Crippen molar-refractivity contribution in [2.75, 3.05) is 19.9 Å². The summed E-state index contributed by atoms with van der Waals surface area (Å²) in [5.41, 5.74) is 2.36. The second-order valence-electron chi connectivity index (χ2n) is 6.34. The Bertz CT molecular complexity index is 829. The van der Waals surface area contributed by atoms with Gasteiger partial charge < -0.3 is 4.74 Å².